The van der Waals surface area contributed by atoms with E-state index >= 15 is 0 Å². The zero-order chi connectivity index (χ0) is 20.6. The maximum Gasteiger partial charge on any atom is 0.317 e. The first-order valence-corrected chi connectivity index (χ1v) is 10.2. The van der Waals surface area contributed by atoms with Crippen LogP contribution in [-0.4, -0.2) is 57.4 Å². The molecular weight excluding hydrogens is 366 g/mol. The smallest absolute Gasteiger partial charge is 0.317 e. The van der Waals surface area contributed by atoms with Crippen molar-refractivity contribution in [2.24, 2.45) is 0 Å². The fourth-order valence-corrected chi connectivity index (χ4v) is 3.29. The second kappa shape index (κ2) is 10.2. The van der Waals surface area contributed by atoms with Gasteiger partial charge in [0, 0.05) is 25.8 Å². The number of likely N-dealkylation sites (N-methyl/N-ethyl adjacent to an activating group) is 1. The number of aryl methyl sites for hydroxylation is 1. The monoisotopic (exact) mass is 397 g/mol. The molecule has 1 aliphatic heterocycles. The van der Waals surface area contributed by atoms with Gasteiger partial charge in [0.2, 0.25) is 0 Å². The van der Waals surface area contributed by atoms with E-state index < -0.39 is 0 Å². The Balaban J connectivity index is 1.45. The molecule has 2 aromatic carbocycles. The number of nitrogens with one attached hydrogen (secondary N) is 1. The van der Waals surface area contributed by atoms with E-state index in [0.717, 1.165) is 43.2 Å². The summed E-state index contributed by atoms with van der Waals surface area (Å²) in [5.74, 6) is 0.857. The number of amides is 2. The van der Waals surface area contributed by atoms with Crippen molar-refractivity contribution in [1.29, 1.82) is 0 Å². The van der Waals surface area contributed by atoms with Crippen molar-refractivity contribution in [2.45, 2.75) is 19.9 Å². The zero-order valence-electron chi connectivity index (χ0n) is 17.6. The molecule has 2 aromatic rings. The summed E-state index contributed by atoms with van der Waals surface area (Å²) < 4.78 is 11.2. The maximum atomic E-state index is 12.5. The Kier molecular flexibility index (Phi) is 7.36. The van der Waals surface area contributed by atoms with Gasteiger partial charge in [-0.3, -0.25) is 0 Å². The molecule has 0 radical (unpaired) electrons. The molecule has 0 bridgehead atoms. The van der Waals surface area contributed by atoms with Gasteiger partial charge in [0.15, 0.2) is 0 Å². The molecular formula is C23H31N3O3. The molecule has 0 aromatic heterocycles. The molecule has 29 heavy (non-hydrogen) atoms. The highest BCUT2D eigenvalue weighted by Crippen LogP contribution is 2.20. The van der Waals surface area contributed by atoms with E-state index in [1.165, 1.54) is 5.69 Å². The normalized spacial score (nSPS) is 14.9. The number of para-hydroxylation sites is 1. The van der Waals surface area contributed by atoms with Crippen molar-refractivity contribution in [3.8, 4) is 5.75 Å². The molecule has 1 saturated heterocycles. The van der Waals surface area contributed by atoms with Gasteiger partial charge in [-0.05, 0) is 43.2 Å². The third kappa shape index (κ3) is 5.87. The zero-order valence-corrected chi connectivity index (χ0v) is 17.6. The largest absolute Gasteiger partial charge is 0.491 e. The summed E-state index contributed by atoms with van der Waals surface area (Å²) >= 11 is 0. The van der Waals surface area contributed by atoms with E-state index in [2.05, 4.69) is 34.5 Å². The average Bonchev–Trinajstić information content (AvgIpc) is 2.75. The van der Waals surface area contributed by atoms with Gasteiger partial charge >= 0.3 is 6.03 Å². The lowest BCUT2D eigenvalue weighted by Gasteiger charge is -2.29. The van der Waals surface area contributed by atoms with Crippen molar-refractivity contribution < 1.29 is 14.3 Å². The molecule has 0 spiro atoms. The van der Waals surface area contributed by atoms with E-state index in [-0.39, 0.29) is 12.1 Å². The molecule has 6 nitrogen and oxygen atoms in total. The Hall–Kier alpha value is -2.73. The number of nitrogens with zero attached hydrogens (tertiary/aromatic N) is 2. The van der Waals surface area contributed by atoms with Gasteiger partial charge in [0.05, 0.1) is 25.8 Å². The lowest BCUT2D eigenvalue weighted by molar-refractivity contribution is 0.122. The Labute approximate surface area is 173 Å². The Morgan fingerprint density at radius 1 is 1.17 bits per heavy atom. The number of anilines is 1. The number of urea groups is 1. The van der Waals surface area contributed by atoms with Gasteiger partial charge in [-0.25, -0.2) is 4.79 Å². The van der Waals surface area contributed by atoms with Crippen molar-refractivity contribution >= 4 is 11.7 Å². The van der Waals surface area contributed by atoms with Gasteiger partial charge in [0.25, 0.3) is 0 Å². The standard InChI is InChI=1S/C23H31N3O3/c1-18-6-4-5-7-22(18)29-17-12-25(3)23(27)24-19(2)20-8-10-21(11-9-20)26-13-15-28-16-14-26/h4-11,19H,12-17H2,1-3H3,(H,24,27). The van der Waals surface area contributed by atoms with Gasteiger partial charge in [-0.2, -0.15) is 0 Å². The molecule has 0 saturated carbocycles. The van der Waals surface area contributed by atoms with E-state index in [9.17, 15) is 4.79 Å². The lowest BCUT2D eigenvalue weighted by Crippen LogP contribution is -2.40. The average molecular weight is 398 g/mol. The number of ether oxygens (including phenoxy) is 2. The molecule has 1 atom stereocenters. The summed E-state index contributed by atoms with van der Waals surface area (Å²) in [7, 11) is 1.78. The van der Waals surface area contributed by atoms with Gasteiger partial charge < -0.3 is 24.6 Å². The number of carbonyl (C=O) groups is 1. The van der Waals surface area contributed by atoms with Crippen LogP contribution in [0.4, 0.5) is 10.5 Å². The van der Waals surface area contributed by atoms with E-state index in [1.54, 1.807) is 11.9 Å². The van der Waals surface area contributed by atoms with E-state index in [4.69, 9.17) is 9.47 Å². The Bertz CT molecular complexity index is 788. The van der Waals surface area contributed by atoms with Crippen LogP contribution in [0.3, 0.4) is 0 Å². The third-order valence-electron chi connectivity index (χ3n) is 5.23. The first kappa shape index (κ1) is 21.0. The number of hydrogen-bond acceptors (Lipinski definition) is 4. The minimum Gasteiger partial charge on any atom is -0.491 e. The van der Waals surface area contributed by atoms with Crippen molar-refractivity contribution in [3.63, 3.8) is 0 Å². The van der Waals surface area contributed by atoms with Gasteiger partial charge in [-0.15, -0.1) is 0 Å². The second-order valence-corrected chi connectivity index (χ2v) is 7.40. The Morgan fingerprint density at radius 2 is 1.86 bits per heavy atom. The van der Waals surface area contributed by atoms with Crippen LogP contribution in [0.1, 0.15) is 24.1 Å². The van der Waals surface area contributed by atoms with Crippen molar-refractivity contribution in [2.75, 3.05) is 51.4 Å². The van der Waals surface area contributed by atoms with Gasteiger partial charge in [0.1, 0.15) is 12.4 Å². The minimum atomic E-state index is -0.108. The molecule has 1 unspecified atom stereocenters. The van der Waals surface area contributed by atoms with Gasteiger partial charge in [-0.1, -0.05) is 30.3 Å². The SMILES string of the molecule is Cc1ccccc1OCCN(C)C(=O)NC(C)c1ccc(N2CCOCC2)cc1. The minimum absolute atomic E-state index is 0.0685. The third-order valence-corrected chi connectivity index (χ3v) is 5.23. The fraction of sp³-hybridized carbons (Fsp3) is 0.435. The lowest BCUT2D eigenvalue weighted by atomic mass is 10.1. The number of carbonyl (C=O) groups excluding carboxylic acids is 1. The molecule has 1 N–H and O–H groups in total. The predicted octanol–water partition coefficient (Wildman–Crippen LogP) is 3.61. The van der Waals surface area contributed by atoms with Crippen molar-refractivity contribution in [1.82, 2.24) is 10.2 Å². The summed E-state index contributed by atoms with van der Waals surface area (Å²) in [5.41, 5.74) is 3.37. The van der Waals surface area contributed by atoms with E-state index in [0.29, 0.717) is 13.2 Å². The van der Waals surface area contributed by atoms with Crippen LogP contribution in [0.5, 0.6) is 5.75 Å². The van der Waals surface area contributed by atoms with Crippen LogP contribution in [0, 0.1) is 6.92 Å². The van der Waals surface area contributed by atoms with Crippen LogP contribution in [0.15, 0.2) is 48.5 Å². The summed E-state index contributed by atoms with van der Waals surface area (Å²) in [4.78, 5) is 16.5. The van der Waals surface area contributed by atoms with Crippen molar-refractivity contribution in [3.05, 3.63) is 59.7 Å². The maximum absolute atomic E-state index is 12.5. The fourth-order valence-electron chi connectivity index (χ4n) is 3.29. The molecule has 6 heteroatoms. The van der Waals surface area contributed by atoms with Crippen LogP contribution in [0.2, 0.25) is 0 Å². The summed E-state index contributed by atoms with van der Waals surface area (Å²) in [6.45, 7) is 8.36. The summed E-state index contributed by atoms with van der Waals surface area (Å²) in [6, 6.07) is 16.1. The highest BCUT2D eigenvalue weighted by atomic mass is 16.5. The molecule has 1 aliphatic rings. The number of hydrogen-bond donors (Lipinski definition) is 1. The predicted molar refractivity (Wildman–Crippen MR) is 116 cm³/mol. The second-order valence-electron chi connectivity index (χ2n) is 7.40. The Morgan fingerprint density at radius 3 is 2.55 bits per heavy atom. The summed E-state index contributed by atoms with van der Waals surface area (Å²) in [5, 5.41) is 3.05. The molecule has 156 valence electrons. The van der Waals surface area contributed by atoms with E-state index in [1.807, 2.05) is 38.1 Å². The molecule has 1 fully saturated rings. The molecule has 3 rings (SSSR count). The first-order valence-electron chi connectivity index (χ1n) is 10.2. The molecule has 2 amide bonds. The first-order chi connectivity index (χ1) is 14.0. The van der Waals surface area contributed by atoms with Crippen LogP contribution in [-0.2, 0) is 4.74 Å². The molecule has 0 aliphatic carbocycles. The molecule has 1 heterocycles. The number of benzene rings is 2. The van der Waals surface area contributed by atoms with Crippen LogP contribution >= 0.6 is 0 Å². The summed E-state index contributed by atoms with van der Waals surface area (Å²) in [6.07, 6.45) is 0. The number of rotatable bonds is 7. The van der Waals surface area contributed by atoms with Crippen LogP contribution < -0.4 is 15.0 Å². The quantitative estimate of drug-likeness (QED) is 0.775. The highest BCUT2D eigenvalue weighted by Gasteiger charge is 2.15. The number of morpholine rings is 1. The highest BCUT2D eigenvalue weighted by molar-refractivity contribution is 5.74. The van der Waals surface area contributed by atoms with Crippen LogP contribution in [0.25, 0.3) is 0 Å². The topological polar surface area (TPSA) is 54.0 Å².